The van der Waals surface area contributed by atoms with Crippen molar-refractivity contribution in [1.29, 1.82) is 0 Å². The van der Waals surface area contributed by atoms with E-state index in [0.29, 0.717) is 13.0 Å². The van der Waals surface area contributed by atoms with Crippen molar-refractivity contribution in [1.82, 2.24) is 5.32 Å². The van der Waals surface area contributed by atoms with Crippen LogP contribution in [0.4, 0.5) is 0 Å². The van der Waals surface area contributed by atoms with Crippen molar-refractivity contribution in [2.45, 2.75) is 25.2 Å². The fourth-order valence-corrected chi connectivity index (χ4v) is 3.63. The summed E-state index contributed by atoms with van der Waals surface area (Å²) in [4.78, 5) is 0. The van der Waals surface area contributed by atoms with Gasteiger partial charge in [-0.05, 0) is 22.8 Å². The molecule has 3 aromatic carbocycles. The van der Waals surface area contributed by atoms with Crippen LogP contribution in [0.15, 0.2) is 72.8 Å². The molecule has 1 aliphatic rings. The third-order valence-electron chi connectivity index (χ3n) is 5.04. The maximum absolute atomic E-state index is 10.4. The molecule has 1 aliphatic heterocycles. The van der Waals surface area contributed by atoms with Gasteiger partial charge in [0, 0.05) is 25.1 Å². The number of ether oxygens (including phenoxy) is 1. The van der Waals surface area contributed by atoms with Crippen LogP contribution in [-0.2, 0) is 17.7 Å². The summed E-state index contributed by atoms with van der Waals surface area (Å²) in [7, 11) is 0. The fraction of sp³-hybridized carbons (Fsp3) is 0.217. The Morgan fingerprint density at radius 2 is 1.59 bits per heavy atom. The highest BCUT2D eigenvalue weighted by molar-refractivity contribution is 5.51. The molecular weight excluding hydrogens is 338 g/mol. The molecule has 27 heavy (non-hydrogen) atoms. The highest BCUT2D eigenvalue weighted by Crippen LogP contribution is 2.43. The third kappa shape index (κ3) is 3.82. The van der Waals surface area contributed by atoms with Crippen LogP contribution in [0, 0.1) is 0 Å². The molecule has 1 heterocycles. The van der Waals surface area contributed by atoms with Crippen molar-refractivity contribution in [3.63, 3.8) is 0 Å². The molecular formula is C23H23NO3. The van der Waals surface area contributed by atoms with Crippen LogP contribution in [0.2, 0.25) is 0 Å². The van der Waals surface area contributed by atoms with Crippen LogP contribution >= 0.6 is 0 Å². The van der Waals surface area contributed by atoms with Crippen LogP contribution in [-0.4, -0.2) is 16.8 Å². The molecule has 3 aromatic rings. The zero-order valence-corrected chi connectivity index (χ0v) is 15.0. The number of phenols is 2. The number of fused-ring (bicyclic) bond motifs is 1. The first-order chi connectivity index (χ1) is 13.2. The van der Waals surface area contributed by atoms with E-state index in [4.69, 9.17) is 4.74 Å². The second-order valence-corrected chi connectivity index (χ2v) is 6.85. The Hall–Kier alpha value is -2.82. The average Bonchev–Trinajstić information content (AvgIpc) is 2.72. The number of hydrogen-bond acceptors (Lipinski definition) is 4. The molecule has 0 spiro atoms. The molecule has 2 atom stereocenters. The second-order valence-electron chi connectivity index (χ2n) is 6.85. The molecule has 4 heteroatoms. The van der Waals surface area contributed by atoms with Gasteiger partial charge in [-0.25, -0.2) is 0 Å². The summed E-state index contributed by atoms with van der Waals surface area (Å²) < 4.78 is 6.38. The molecule has 138 valence electrons. The van der Waals surface area contributed by atoms with E-state index in [1.165, 1.54) is 11.6 Å². The Morgan fingerprint density at radius 3 is 2.33 bits per heavy atom. The molecule has 4 rings (SSSR count). The zero-order chi connectivity index (χ0) is 18.6. The van der Waals surface area contributed by atoms with Gasteiger partial charge in [0.15, 0.2) is 11.5 Å². The van der Waals surface area contributed by atoms with Gasteiger partial charge in [0.25, 0.3) is 0 Å². The highest BCUT2D eigenvalue weighted by Gasteiger charge is 2.31. The first-order valence-corrected chi connectivity index (χ1v) is 9.21. The van der Waals surface area contributed by atoms with E-state index in [2.05, 4.69) is 17.4 Å². The number of benzene rings is 3. The lowest BCUT2D eigenvalue weighted by Gasteiger charge is -2.33. The van der Waals surface area contributed by atoms with Gasteiger partial charge in [-0.15, -0.1) is 0 Å². The summed E-state index contributed by atoms with van der Waals surface area (Å²) in [5.74, 6) is -0.122. The molecule has 2 unspecified atom stereocenters. The molecule has 0 saturated heterocycles. The Bertz CT molecular complexity index is 896. The third-order valence-corrected chi connectivity index (χ3v) is 5.04. The van der Waals surface area contributed by atoms with Crippen LogP contribution in [0.25, 0.3) is 0 Å². The molecule has 0 saturated carbocycles. The molecule has 0 fully saturated rings. The van der Waals surface area contributed by atoms with Gasteiger partial charge < -0.3 is 20.3 Å². The predicted molar refractivity (Wildman–Crippen MR) is 105 cm³/mol. The van der Waals surface area contributed by atoms with Crippen molar-refractivity contribution in [2.75, 3.05) is 6.54 Å². The summed E-state index contributed by atoms with van der Waals surface area (Å²) in [5.41, 5.74) is 3.97. The Kier molecular flexibility index (Phi) is 5.10. The minimum Gasteiger partial charge on any atom is -0.504 e. The minimum atomic E-state index is -0.200. The summed E-state index contributed by atoms with van der Waals surface area (Å²) >= 11 is 0. The summed E-state index contributed by atoms with van der Waals surface area (Å²) in [6.07, 6.45) is 0.179. The topological polar surface area (TPSA) is 61.7 Å². The van der Waals surface area contributed by atoms with Gasteiger partial charge in [-0.3, -0.25) is 0 Å². The van der Waals surface area contributed by atoms with Gasteiger partial charge in [0.1, 0.15) is 0 Å². The Balaban J connectivity index is 1.57. The van der Waals surface area contributed by atoms with E-state index >= 15 is 0 Å². The molecule has 0 aromatic heterocycles. The van der Waals surface area contributed by atoms with Crippen LogP contribution in [0.1, 0.15) is 34.5 Å². The lowest BCUT2D eigenvalue weighted by atomic mass is 9.90. The van der Waals surface area contributed by atoms with E-state index in [0.717, 1.165) is 23.2 Å². The zero-order valence-electron chi connectivity index (χ0n) is 15.0. The van der Waals surface area contributed by atoms with E-state index in [1.807, 2.05) is 54.6 Å². The number of hydrogen-bond donors (Lipinski definition) is 3. The standard InChI is InChI=1S/C23H23NO3/c25-20-12-11-18-19(23(20)26)13-21(17-9-5-2-6-10-17)27-22(18)15-24-14-16-7-3-1-4-8-16/h1-12,21-22,24-26H,13-15H2. The van der Waals surface area contributed by atoms with Crippen LogP contribution in [0.5, 0.6) is 11.5 Å². The molecule has 0 radical (unpaired) electrons. The Labute approximate surface area is 159 Å². The average molecular weight is 361 g/mol. The number of phenolic OH excluding ortho intramolecular Hbond substituents is 2. The summed E-state index contributed by atoms with van der Waals surface area (Å²) in [6, 6.07) is 23.6. The lowest BCUT2D eigenvalue weighted by Crippen LogP contribution is -2.29. The fourth-order valence-electron chi connectivity index (χ4n) is 3.63. The minimum absolute atomic E-state index is 0.0372. The monoisotopic (exact) mass is 361 g/mol. The quantitative estimate of drug-likeness (QED) is 0.595. The molecule has 4 nitrogen and oxygen atoms in total. The highest BCUT2D eigenvalue weighted by atomic mass is 16.5. The van der Waals surface area contributed by atoms with Crippen molar-refractivity contribution in [3.8, 4) is 11.5 Å². The second kappa shape index (κ2) is 7.82. The van der Waals surface area contributed by atoms with Crippen LogP contribution < -0.4 is 5.32 Å². The van der Waals surface area contributed by atoms with Crippen molar-refractivity contribution in [3.05, 3.63) is 95.1 Å². The summed E-state index contributed by atoms with van der Waals surface area (Å²) in [6.45, 7) is 1.37. The van der Waals surface area contributed by atoms with Gasteiger partial charge in [0.2, 0.25) is 0 Å². The molecule has 0 bridgehead atoms. The van der Waals surface area contributed by atoms with Gasteiger partial charge in [-0.2, -0.15) is 0 Å². The number of aromatic hydroxyl groups is 2. The number of nitrogens with one attached hydrogen (secondary N) is 1. The van der Waals surface area contributed by atoms with Crippen molar-refractivity contribution < 1.29 is 14.9 Å². The first kappa shape index (κ1) is 17.6. The normalized spacial score (nSPS) is 18.8. The maximum atomic E-state index is 10.4. The molecule has 3 N–H and O–H groups in total. The van der Waals surface area contributed by atoms with Gasteiger partial charge in [-0.1, -0.05) is 66.7 Å². The smallest absolute Gasteiger partial charge is 0.161 e. The van der Waals surface area contributed by atoms with Crippen molar-refractivity contribution >= 4 is 0 Å². The van der Waals surface area contributed by atoms with E-state index in [9.17, 15) is 10.2 Å². The molecule has 0 amide bonds. The van der Waals surface area contributed by atoms with E-state index in [1.54, 1.807) is 0 Å². The van der Waals surface area contributed by atoms with Crippen LogP contribution in [0.3, 0.4) is 0 Å². The summed E-state index contributed by atoms with van der Waals surface area (Å²) in [5, 5.41) is 23.8. The first-order valence-electron chi connectivity index (χ1n) is 9.21. The van der Waals surface area contributed by atoms with Crippen molar-refractivity contribution in [2.24, 2.45) is 0 Å². The van der Waals surface area contributed by atoms with Gasteiger partial charge in [0.05, 0.1) is 12.2 Å². The molecule has 0 aliphatic carbocycles. The predicted octanol–water partition coefficient (Wildman–Crippen LogP) is 4.24. The van der Waals surface area contributed by atoms with E-state index in [-0.39, 0.29) is 23.7 Å². The van der Waals surface area contributed by atoms with Gasteiger partial charge >= 0.3 is 0 Å². The Morgan fingerprint density at radius 1 is 0.889 bits per heavy atom. The number of rotatable bonds is 5. The lowest BCUT2D eigenvalue weighted by molar-refractivity contribution is -0.0273. The maximum Gasteiger partial charge on any atom is 0.161 e. The van der Waals surface area contributed by atoms with E-state index < -0.39 is 0 Å². The largest absolute Gasteiger partial charge is 0.504 e. The SMILES string of the molecule is Oc1ccc2c(c1O)CC(c1ccccc1)OC2CNCc1ccccc1.